The first kappa shape index (κ1) is 18.7. The van der Waals surface area contributed by atoms with Crippen LogP contribution in [0.4, 0.5) is 5.69 Å². The van der Waals surface area contributed by atoms with E-state index in [0.717, 1.165) is 5.56 Å². The summed E-state index contributed by atoms with van der Waals surface area (Å²) in [4.78, 5) is 26.6. The number of halogens is 2. The van der Waals surface area contributed by atoms with Gasteiger partial charge in [0, 0.05) is 13.1 Å². The maximum absolute atomic E-state index is 12.4. The van der Waals surface area contributed by atoms with Crippen molar-refractivity contribution in [1.29, 1.82) is 0 Å². The van der Waals surface area contributed by atoms with Crippen molar-refractivity contribution < 1.29 is 14.3 Å². The summed E-state index contributed by atoms with van der Waals surface area (Å²) in [5, 5.41) is 3.34. The van der Waals surface area contributed by atoms with Crippen LogP contribution in [0.3, 0.4) is 0 Å². The molecule has 7 heteroatoms. The fourth-order valence-corrected chi connectivity index (χ4v) is 3.21. The molecule has 2 aromatic carbocycles. The number of nitrogens with one attached hydrogen (secondary N) is 1. The lowest BCUT2D eigenvalue weighted by atomic mass is 10.1. The fourth-order valence-electron chi connectivity index (χ4n) is 2.86. The molecule has 1 heterocycles. The zero-order chi connectivity index (χ0) is 18.5. The van der Waals surface area contributed by atoms with E-state index in [1.54, 1.807) is 18.2 Å². The van der Waals surface area contributed by atoms with Crippen LogP contribution in [-0.4, -0.2) is 36.0 Å². The minimum absolute atomic E-state index is 0.0193. The van der Waals surface area contributed by atoms with Crippen molar-refractivity contribution in [2.75, 3.05) is 18.5 Å². The molecule has 1 atom stereocenters. The summed E-state index contributed by atoms with van der Waals surface area (Å²) in [6.07, 6.45) is -0.0193. The van der Waals surface area contributed by atoms with Crippen LogP contribution in [0.5, 0.6) is 0 Å². The van der Waals surface area contributed by atoms with Gasteiger partial charge in [-0.2, -0.15) is 0 Å². The summed E-state index contributed by atoms with van der Waals surface area (Å²) in [7, 11) is 0. The van der Waals surface area contributed by atoms with Crippen LogP contribution in [-0.2, 0) is 20.9 Å². The molecule has 1 aliphatic heterocycles. The number of hydrogen-bond donors (Lipinski definition) is 1. The van der Waals surface area contributed by atoms with Crippen LogP contribution in [0.1, 0.15) is 12.0 Å². The average Bonchev–Trinajstić information content (AvgIpc) is 2.63. The van der Waals surface area contributed by atoms with Crippen molar-refractivity contribution in [2.24, 2.45) is 0 Å². The Morgan fingerprint density at radius 3 is 2.69 bits per heavy atom. The molecule has 1 amide bonds. The third-order valence-electron chi connectivity index (χ3n) is 4.17. The predicted molar refractivity (Wildman–Crippen MR) is 101 cm³/mol. The topological polar surface area (TPSA) is 58.6 Å². The zero-order valence-electron chi connectivity index (χ0n) is 14.0. The molecule has 136 valence electrons. The van der Waals surface area contributed by atoms with Crippen molar-refractivity contribution in [3.8, 4) is 0 Å². The second-order valence-corrected chi connectivity index (χ2v) is 6.78. The molecule has 1 fully saturated rings. The van der Waals surface area contributed by atoms with Gasteiger partial charge in [-0.1, -0.05) is 59.6 Å². The summed E-state index contributed by atoms with van der Waals surface area (Å²) < 4.78 is 5.14. The van der Waals surface area contributed by atoms with E-state index in [-0.39, 0.29) is 23.3 Å². The van der Waals surface area contributed by atoms with Gasteiger partial charge in [0.15, 0.2) is 0 Å². The monoisotopic (exact) mass is 392 g/mol. The van der Waals surface area contributed by atoms with Crippen LogP contribution in [0, 0.1) is 0 Å². The Balaban J connectivity index is 1.69. The number of ether oxygens (including phenoxy) is 1. The minimum Gasteiger partial charge on any atom is -0.463 e. The van der Waals surface area contributed by atoms with E-state index in [9.17, 15) is 9.59 Å². The van der Waals surface area contributed by atoms with Crippen molar-refractivity contribution >= 4 is 40.8 Å². The third kappa shape index (κ3) is 4.55. The molecule has 0 bridgehead atoms. The quantitative estimate of drug-likeness (QED) is 0.787. The summed E-state index contributed by atoms with van der Waals surface area (Å²) in [6.45, 7) is 1.48. The average molecular weight is 393 g/mol. The van der Waals surface area contributed by atoms with E-state index >= 15 is 0 Å². The molecule has 0 aromatic heterocycles. The third-order valence-corrected chi connectivity index (χ3v) is 4.99. The molecule has 0 saturated carbocycles. The molecule has 1 saturated heterocycles. The first-order valence-electron chi connectivity index (χ1n) is 8.23. The van der Waals surface area contributed by atoms with E-state index < -0.39 is 6.04 Å². The van der Waals surface area contributed by atoms with Gasteiger partial charge in [-0.25, -0.2) is 0 Å². The van der Waals surface area contributed by atoms with Crippen LogP contribution >= 0.6 is 23.2 Å². The SMILES string of the molecule is O=C(CC1C(=O)OCCN1Cc1ccccc1)Nc1cccc(Cl)c1Cl. The molecule has 0 radical (unpaired) electrons. The molecule has 0 aliphatic carbocycles. The van der Waals surface area contributed by atoms with Gasteiger partial charge in [0.25, 0.3) is 0 Å². The molecular formula is C19H18Cl2N2O3. The number of carbonyl (C=O) groups excluding carboxylic acids is 2. The Bertz CT molecular complexity index is 799. The van der Waals surface area contributed by atoms with Crippen molar-refractivity contribution in [3.05, 3.63) is 64.1 Å². The van der Waals surface area contributed by atoms with Crippen LogP contribution in [0.15, 0.2) is 48.5 Å². The fraction of sp³-hybridized carbons (Fsp3) is 0.263. The highest BCUT2D eigenvalue weighted by Gasteiger charge is 2.33. The lowest BCUT2D eigenvalue weighted by Crippen LogP contribution is -2.49. The molecule has 0 spiro atoms. The Hall–Kier alpha value is -2.08. The highest BCUT2D eigenvalue weighted by Crippen LogP contribution is 2.29. The van der Waals surface area contributed by atoms with Gasteiger partial charge in [0.05, 0.1) is 22.2 Å². The maximum Gasteiger partial charge on any atom is 0.323 e. The van der Waals surface area contributed by atoms with Gasteiger partial charge in [0.2, 0.25) is 5.91 Å². The van der Waals surface area contributed by atoms with Crippen LogP contribution in [0.25, 0.3) is 0 Å². The number of benzene rings is 2. The Kier molecular flexibility index (Phi) is 6.14. The smallest absolute Gasteiger partial charge is 0.323 e. The van der Waals surface area contributed by atoms with E-state index in [4.69, 9.17) is 27.9 Å². The molecule has 1 aliphatic rings. The number of esters is 1. The molecule has 3 rings (SSSR count). The van der Waals surface area contributed by atoms with Crippen molar-refractivity contribution in [1.82, 2.24) is 4.90 Å². The summed E-state index contributed by atoms with van der Waals surface area (Å²) in [5.74, 6) is -0.712. The van der Waals surface area contributed by atoms with E-state index in [2.05, 4.69) is 5.32 Å². The lowest BCUT2D eigenvalue weighted by molar-refractivity contribution is -0.159. The van der Waals surface area contributed by atoms with Gasteiger partial charge in [-0.3, -0.25) is 14.5 Å². The van der Waals surface area contributed by atoms with E-state index in [1.165, 1.54) is 0 Å². The Morgan fingerprint density at radius 1 is 1.15 bits per heavy atom. The number of morpholine rings is 1. The number of rotatable bonds is 5. The number of cyclic esters (lactones) is 1. The van der Waals surface area contributed by atoms with Crippen molar-refractivity contribution in [2.45, 2.75) is 19.0 Å². The highest BCUT2D eigenvalue weighted by atomic mass is 35.5. The molecule has 5 nitrogen and oxygen atoms in total. The summed E-state index contributed by atoms with van der Waals surface area (Å²) in [6, 6.07) is 14.2. The van der Waals surface area contributed by atoms with Gasteiger partial charge in [0.1, 0.15) is 12.6 Å². The molecule has 2 aromatic rings. The minimum atomic E-state index is -0.637. The summed E-state index contributed by atoms with van der Waals surface area (Å²) in [5.41, 5.74) is 1.49. The van der Waals surface area contributed by atoms with Crippen LogP contribution < -0.4 is 5.32 Å². The number of hydrogen-bond acceptors (Lipinski definition) is 4. The molecule has 1 unspecified atom stereocenters. The number of amides is 1. The van der Waals surface area contributed by atoms with Crippen LogP contribution in [0.2, 0.25) is 10.0 Å². The van der Waals surface area contributed by atoms with Gasteiger partial charge in [-0.15, -0.1) is 0 Å². The highest BCUT2D eigenvalue weighted by molar-refractivity contribution is 6.44. The Labute approximate surface area is 161 Å². The van der Waals surface area contributed by atoms with Crippen molar-refractivity contribution in [3.63, 3.8) is 0 Å². The second kappa shape index (κ2) is 8.54. The first-order chi connectivity index (χ1) is 12.5. The van der Waals surface area contributed by atoms with Gasteiger partial charge >= 0.3 is 5.97 Å². The van der Waals surface area contributed by atoms with E-state index in [1.807, 2.05) is 35.2 Å². The largest absolute Gasteiger partial charge is 0.463 e. The first-order valence-corrected chi connectivity index (χ1v) is 8.98. The Morgan fingerprint density at radius 2 is 1.92 bits per heavy atom. The predicted octanol–water partition coefficient (Wildman–Crippen LogP) is 3.75. The van der Waals surface area contributed by atoms with Gasteiger partial charge < -0.3 is 10.1 Å². The van der Waals surface area contributed by atoms with E-state index in [0.29, 0.717) is 30.4 Å². The van der Waals surface area contributed by atoms with Gasteiger partial charge in [-0.05, 0) is 17.7 Å². The number of carbonyl (C=O) groups is 2. The number of anilines is 1. The lowest BCUT2D eigenvalue weighted by Gasteiger charge is -2.33. The maximum atomic E-state index is 12.4. The standard InChI is InChI=1S/C19H18Cl2N2O3/c20-14-7-4-8-15(18(14)21)22-17(24)11-16-19(25)26-10-9-23(16)12-13-5-2-1-3-6-13/h1-8,16H,9-12H2,(H,22,24). The molecular weight excluding hydrogens is 375 g/mol. The molecule has 26 heavy (non-hydrogen) atoms. The zero-order valence-corrected chi connectivity index (χ0v) is 15.5. The summed E-state index contributed by atoms with van der Waals surface area (Å²) >= 11 is 12.1. The number of nitrogens with zero attached hydrogens (tertiary/aromatic N) is 1. The second-order valence-electron chi connectivity index (χ2n) is 5.99. The normalized spacial score (nSPS) is 17.6. The molecule has 1 N–H and O–H groups in total.